The average molecular weight is 325 g/mol. The molecule has 0 radical (unpaired) electrons. The lowest BCUT2D eigenvalue weighted by Gasteiger charge is -2.10. The van der Waals surface area contributed by atoms with Crippen molar-refractivity contribution in [1.82, 2.24) is 4.98 Å². The number of hydrogen-bond donors (Lipinski definition) is 1. The number of benzene rings is 3. The number of rotatable bonds is 2. The van der Waals surface area contributed by atoms with Crippen molar-refractivity contribution < 1.29 is 4.39 Å². The van der Waals surface area contributed by atoms with E-state index in [4.69, 9.17) is 0 Å². The topological polar surface area (TPSA) is 15.8 Å². The van der Waals surface area contributed by atoms with E-state index < -0.39 is 0 Å². The molecule has 1 N–H and O–H groups in total. The van der Waals surface area contributed by atoms with E-state index in [1.54, 1.807) is 12.1 Å². The van der Waals surface area contributed by atoms with E-state index in [-0.39, 0.29) is 11.7 Å². The maximum atomic E-state index is 13.8. The summed E-state index contributed by atoms with van der Waals surface area (Å²) in [5.41, 5.74) is 3.97. The van der Waals surface area contributed by atoms with Crippen LogP contribution in [-0.2, 0) is 0 Å². The molecule has 0 aliphatic rings. The van der Waals surface area contributed by atoms with Crippen molar-refractivity contribution >= 4 is 10.9 Å². The summed E-state index contributed by atoms with van der Waals surface area (Å²) < 4.78 is 13.8. The zero-order valence-corrected chi connectivity index (χ0v) is 13.5. The van der Waals surface area contributed by atoms with E-state index >= 15 is 0 Å². The number of halogens is 1. The van der Waals surface area contributed by atoms with Crippen LogP contribution in [0.4, 0.5) is 4.39 Å². The lowest BCUT2D eigenvalue weighted by Crippen LogP contribution is -1.97. The molecule has 0 fully saturated rings. The number of hydrogen-bond acceptors (Lipinski definition) is 0. The molecule has 0 saturated heterocycles. The predicted molar refractivity (Wildman–Crippen MR) is 99.9 cm³/mol. The lowest BCUT2D eigenvalue weighted by atomic mass is 9.91. The molecule has 0 amide bonds. The molecule has 2 heteroatoms. The molecule has 0 saturated carbocycles. The van der Waals surface area contributed by atoms with Crippen LogP contribution in [0.1, 0.15) is 22.6 Å². The van der Waals surface area contributed by atoms with E-state index in [1.165, 1.54) is 6.07 Å². The number of fused-ring (bicyclic) bond motifs is 1. The smallest absolute Gasteiger partial charge is 0.123 e. The molecule has 1 nitrogen and oxygen atoms in total. The highest BCUT2D eigenvalue weighted by Gasteiger charge is 2.16. The third kappa shape index (κ3) is 3.18. The van der Waals surface area contributed by atoms with Gasteiger partial charge in [0.2, 0.25) is 0 Å². The molecule has 4 aromatic rings. The summed E-state index contributed by atoms with van der Waals surface area (Å²) in [6.45, 7) is 0. The van der Waals surface area contributed by atoms with Gasteiger partial charge in [-0.2, -0.15) is 0 Å². The molecule has 1 unspecified atom stereocenters. The largest absolute Gasteiger partial charge is 0.361 e. The van der Waals surface area contributed by atoms with E-state index in [2.05, 4.69) is 29.0 Å². The van der Waals surface area contributed by atoms with Crippen LogP contribution in [-0.4, -0.2) is 4.98 Å². The summed E-state index contributed by atoms with van der Waals surface area (Å²) in [6, 6.07) is 24.8. The van der Waals surface area contributed by atoms with Gasteiger partial charge in [0.05, 0.1) is 5.92 Å². The third-order valence-electron chi connectivity index (χ3n) is 4.25. The Morgan fingerprint density at radius 2 is 1.56 bits per heavy atom. The van der Waals surface area contributed by atoms with Gasteiger partial charge in [0, 0.05) is 22.7 Å². The molecular formula is C23H16FN. The predicted octanol–water partition coefficient (Wildman–Crippen LogP) is 5.49. The Morgan fingerprint density at radius 3 is 2.32 bits per heavy atom. The first kappa shape index (κ1) is 15.2. The Morgan fingerprint density at radius 1 is 0.840 bits per heavy atom. The fraction of sp³-hybridized carbons (Fsp3) is 0.0435. The van der Waals surface area contributed by atoms with Crippen LogP contribution in [0.15, 0.2) is 85.1 Å². The fourth-order valence-electron chi connectivity index (χ4n) is 3.02. The minimum absolute atomic E-state index is 0.128. The van der Waals surface area contributed by atoms with Crippen LogP contribution in [0.2, 0.25) is 0 Å². The van der Waals surface area contributed by atoms with Gasteiger partial charge in [-0.15, -0.1) is 0 Å². The monoisotopic (exact) mass is 325 g/mol. The standard InChI is InChI=1S/C23H16FN/c24-19-12-14-23-21(15-19)22(16-25-23)20(18-9-5-2-6-10-18)13-11-17-7-3-1-4-8-17/h1-10,12,14-16,20,25H. The zero-order chi connectivity index (χ0) is 17.1. The summed E-state index contributed by atoms with van der Waals surface area (Å²) in [6.07, 6.45) is 1.93. The minimum atomic E-state index is -0.240. The van der Waals surface area contributed by atoms with Crippen molar-refractivity contribution in [2.75, 3.05) is 0 Å². The second-order valence-electron chi connectivity index (χ2n) is 5.91. The van der Waals surface area contributed by atoms with Crippen molar-refractivity contribution in [1.29, 1.82) is 0 Å². The third-order valence-corrected chi connectivity index (χ3v) is 4.25. The lowest BCUT2D eigenvalue weighted by molar-refractivity contribution is 0.629. The number of H-pyrrole nitrogens is 1. The number of nitrogens with one attached hydrogen (secondary N) is 1. The Kier molecular flexibility index (Phi) is 4.06. The number of aromatic amines is 1. The van der Waals surface area contributed by atoms with Gasteiger partial charge in [-0.1, -0.05) is 60.4 Å². The highest BCUT2D eigenvalue weighted by atomic mass is 19.1. The van der Waals surface area contributed by atoms with Crippen molar-refractivity contribution in [2.45, 2.75) is 5.92 Å². The Hall–Kier alpha value is -3.31. The quantitative estimate of drug-likeness (QED) is 0.469. The summed E-state index contributed by atoms with van der Waals surface area (Å²) in [5, 5.41) is 0.871. The molecule has 0 aliphatic heterocycles. The highest BCUT2D eigenvalue weighted by molar-refractivity contribution is 5.85. The maximum Gasteiger partial charge on any atom is 0.123 e. The fourth-order valence-corrected chi connectivity index (χ4v) is 3.02. The molecule has 0 bridgehead atoms. The minimum Gasteiger partial charge on any atom is -0.361 e. The molecule has 1 atom stereocenters. The van der Waals surface area contributed by atoms with Crippen molar-refractivity contribution in [3.63, 3.8) is 0 Å². The van der Waals surface area contributed by atoms with Gasteiger partial charge in [-0.05, 0) is 41.5 Å². The van der Waals surface area contributed by atoms with E-state index in [0.29, 0.717) is 0 Å². The van der Waals surface area contributed by atoms with Crippen molar-refractivity contribution in [3.8, 4) is 11.8 Å². The molecule has 25 heavy (non-hydrogen) atoms. The van der Waals surface area contributed by atoms with Gasteiger partial charge >= 0.3 is 0 Å². The van der Waals surface area contributed by atoms with Gasteiger partial charge in [0.25, 0.3) is 0 Å². The molecule has 1 heterocycles. The maximum absolute atomic E-state index is 13.8. The van der Waals surface area contributed by atoms with Gasteiger partial charge in [0.1, 0.15) is 5.82 Å². The molecule has 0 spiro atoms. The molecule has 3 aromatic carbocycles. The van der Waals surface area contributed by atoms with E-state index in [0.717, 1.165) is 27.6 Å². The number of aromatic nitrogens is 1. The summed E-state index contributed by atoms with van der Waals surface area (Å²) >= 11 is 0. The van der Waals surface area contributed by atoms with Gasteiger partial charge in [-0.25, -0.2) is 4.39 Å². The van der Waals surface area contributed by atoms with Crippen LogP contribution in [0.5, 0.6) is 0 Å². The summed E-state index contributed by atoms with van der Waals surface area (Å²) in [4.78, 5) is 3.23. The summed E-state index contributed by atoms with van der Waals surface area (Å²) in [5.74, 6) is 6.26. The van der Waals surface area contributed by atoms with E-state index in [9.17, 15) is 4.39 Å². The Bertz CT molecular complexity index is 1050. The van der Waals surface area contributed by atoms with Gasteiger partial charge in [-0.3, -0.25) is 0 Å². The molecular weight excluding hydrogens is 309 g/mol. The van der Waals surface area contributed by atoms with Gasteiger partial charge < -0.3 is 4.98 Å². The van der Waals surface area contributed by atoms with Crippen molar-refractivity contribution in [2.24, 2.45) is 0 Å². The normalized spacial score (nSPS) is 11.7. The second-order valence-corrected chi connectivity index (χ2v) is 5.91. The first-order chi connectivity index (χ1) is 12.3. The molecule has 120 valence electrons. The van der Waals surface area contributed by atoms with E-state index in [1.807, 2.05) is 54.7 Å². The van der Waals surface area contributed by atoms with Crippen LogP contribution >= 0.6 is 0 Å². The average Bonchev–Trinajstić information content (AvgIpc) is 3.07. The van der Waals surface area contributed by atoms with Crippen LogP contribution in [0.25, 0.3) is 10.9 Å². The van der Waals surface area contributed by atoms with Crippen LogP contribution in [0, 0.1) is 17.7 Å². The van der Waals surface area contributed by atoms with Crippen molar-refractivity contribution in [3.05, 3.63) is 108 Å². The highest BCUT2D eigenvalue weighted by Crippen LogP contribution is 2.31. The van der Waals surface area contributed by atoms with Crippen LogP contribution < -0.4 is 0 Å². The SMILES string of the molecule is Fc1ccc2[nH]cc(C(C#Cc3ccccc3)c3ccccc3)c2c1. The molecule has 4 rings (SSSR count). The first-order valence-corrected chi connectivity index (χ1v) is 8.19. The Balaban J connectivity index is 1.86. The zero-order valence-electron chi connectivity index (χ0n) is 13.5. The molecule has 0 aliphatic carbocycles. The second kappa shape index (κ2) is 6.67. The first-order valence-electron chi connectivity index (χ1n) is 8.19. The summed E-state index contributed by atoms with van der Waals surface area (Å²) in [7, 11) is 0. The van der Waals surface area contributed by atoms with Gasteiger partial charge in [0.15, 0.2) is 0 Å². The molecule has 1 aromatic heterocycles. The Labute approximate surface area is 146 Å². The van der Waals surface area contributed by atoms with Crippen LogP contribution in [0.3, 0.4) is 0 Å².